The van der Waals surface area contributed by atoms with Crippen molar-refractivity contribution < 1.29 is 4.79 Å². The molecule has 144 valence electrons. The molecule has 1 N–H and O–H groups in total. The molecule has 0 aliphatic heterocycles. The average Bonchev–Trinajstić information content (AvgIpc) is 2.64. The van der Waals surface area contributed by atoms with E-state index in [1.165, 1.54) is 0 Å². The number of pyridine rings is 1. The standard InChI is InChI=1S/C23H23ClN2O2/c1-15-6-4-8-20(24)21(15)22(27)25-16(2)14-17-9-11-18(12-10-17)19-7-5-13-26(3)23(19)28/h4-13,16H,14H2,1-3H3,(H,25,27). The second kappa shape index (κ2) is 8.44. The molecular formula is C23H23ClN2O2. The molecule has 0 bridgehead atoms. The summed E-state index contributed by atoms with van der Waals surface area (Å²) in [6.45, 7) is 3.84. The van der Waals surface area contributed by atoms with E-state index < -0.39 is 0 Å². The van der Waals surface area contributed by atoms with Gasteiger partial charge in [-0.25, -0.2) is 0 Å². The van der Waals surface area contributed by atoms with Gasteiger partial charge in [-0.3, -0.25) is 9.59 Å². The maximum absolute atomic E-state index is 12.6. The number of hydrogen-bond acceptors (Lipinski definition) is 2. The number of nitrogens with one attached hydrogen (secondary N) is 1. The van der Waals surface area contributed by atoms with Crippen molar-refractivity contribution in [2.75, 3.05) is 0 Å². The van der Waals surface area contributed by atoms with Gasteiger partial charge in [-0.2, -0.15) is 0 Å². The van der Waals surface area contributed by atoms with Crippen LogP contribution < -0.4 is 10.9 Å². The fraction of sp³-hybridized carbons (Fsp3) is 0.217. The predicted molar refractivity (Wildman–Crippen MR) is 114 cm³/mol. The molecule has 0 fully saturated rings. The third kappa shape index (κ3) is 4.34. The molecule has 1 atom stereocenters. The van der Waals surface area contributed by atoms with E-state index in [2.05, 4.69) is 5.32 Å². The van der Waals surface area contributed by atoms with Crippen LogP contribution in [-0.4, -0.2) is 16.5 Å². The second-order valence-corrected chi connectivity index (χ2v) is 7.45. The predicted octanol–water partition coefficient (Wildman–Crippen LogP) is 4.38. The third-order valence-electron chi connectivity index (χ3n) is 4.76. The average molecular weight is 395 g/mol. The third-order valence-corrected chi connectivity index (χ3v) is 5.07. The quantitative estimate of drug-likeness (QED) is 0.698. The molecule has 0 saturated carbocycles. The number of carbonyl (C=O) groups is 1. The van der Waals surface area contributed by atoms with Crippen molar-refractivity contribution in [3.63, 3.8) is 0 Å². The summed E-state index contributed by atoms with van der Waals surface area (Å²) in [7, 11) is 1.74. The van der Waals surface area contributed by atoms with Gasteiger partial charge in [0.2, 0.25) is 0 Å². The van der Waals surface area contributed by atoms with E-state index in [1.54, 1.807) is 23.9 Å². The number of rotatable bonds is 5. The monoisotopic (exact) mass is 394 g/mol. The first-order chi connectivity index (χ1) is 13.4. The van der Waals surface area contributed by atoms with Crippen molar-refractivity contribution in [1.29, 1.82) is 0 Å². The van der Waals surface area contributed by atoms with Crippen molar-refractivity contribution in [1.82, 2.24) is 9.88 Å². The summed E-state index contributed by atoms with van der Waals surface area (Å²) in [4.78, 5) is 24.8. The van der Waals surface area contributed by atoms with Gasteiger partial charge in [-0.05, 0) is 55.2 Å². The van der Waals surface area contributed by atoms with Crippen LogP contribution in [-0.2, 0) is 13.5 Å². The lowest BCUT2D eigenvalue weighted by Gasteiger charge is -2.16. The van der Waals surface area contributed by atoms with Crippen molar-refractivity contribution in [2.24, 2.45) is 7.05 Å². The number of halogens is 1. The van der Waals surface area contributed by atoms with Gasteiger partial charge < -0.3 is 9.88 Å². The van der Waals surface area contributed by atoms with Crippen LogP contribution in [0.15, 0.2) is 65.6 Å². The SMILES string of the molecule is Cc1cccc(Cl)c1C(=O)NC(C)Cc1ccc(-c2cccn(C)c2=O)cc1. The van der Waals surface area contributed by atoms with Crippen molar-refractivity contribution in [3.05, 3.63) is 92.9 Å². The van der Waals surface area contributed by atoms with Gasteiger partial charge in [-0.1, -0.05) is 48.0 Å². The largest absolute Gasteiger partial charge is 0.349 e. The Kier molecular flexibility index (Phi) is 6.00. The van der Waals surface area contributed by atoms with Crippen LogP contribution in [0.5, 0.6) is 0 Å². The Morgan fingerprint density at radius 3 is 2.50 bits per heavy atom. The highest BCUT2D eigenvalue weighted by Gasteiger charge is 2.15. The number of benzene rings is 2. The van der Waals surface area contributed by atoms with E-state index in [9.17, 15) is 9.59 Å². The fourth-order valence-corrected chi connectivity index (χ4v) is 3.57. The Morgan fingerprint density at radius 2 is 1.82 bits per heavy atom. The van der Waals surface area contributed by atoms with Gasteiger partial charge >= 0.3 is 0 Å². The Balaban J connectivity index is 1.69. The molecule has 1 heterocycles. The summed E-state index contributed by atoms with van der Waals surface area (Å²) >= 11 is 6.18. The van der Waals surface area contributed by atoms with E-state index in [1.807, 2.05) is 62.4 Å². The van der Waals surface area contributed by atoms with E-state index in [0.717, 1.165) is 16.7 Å². The molecule has 28 heavy (non-hydrogen) atoms. The van der Waals surface area contributed by atoms with Crippen LogP contribution >= 0.6 is 11.6 Å². The second-order valence-electron chi connectivity index (χ2n) is 7.05. The topological polar surface area (TPSA) is 51.1 Å². The normalized spacial score (nSPS) is 11.9. The zero-order valence-corrected chi connectivity index (χ0v) is 17.0. The molecule has 0 aliphatic carbocycles. The van der Waals surface area contributed by atoms with E-state index in [-0.39, 0.29) is 17.5 Å². The minimum atomic E-state index is -0.167. The minimum absolute atomic E-state index is 0.0222. The van der Waals surface area contributed by atoms with Gasteiger partial charge in [0, 0.05) is 24.8 Å². The Hall–Kier alpha value is -2.85. The van der Waals surface area contributed by atoms with Gasteiger partial charge in [0.15, 0.2) is 0 Å². The molecule has 5 heteroatoms. The number of amides is 1. The number of hydrogen-bond donors (Lipinski definition) is 1. The minimum Gasteiger partial charge on any atom is -0.349 e. The molecule has 0 radical (unpaired) electrons. The Bertz CT molecular complexity index is 1030. The highest BCUT2D eigenvalue weighted by molar-refractivity contribution is 6.34. The van der Waals surface area contributed by atoms with Crippen molar-refractivity contribution in [2.45, 2.75) is 26.3 Å². The summed E-state index contributed by atoms with van der Waals surface area (Å²) in [6, 6.07) is 16.9. The van der Waals surface area contributed by atoms with Gasteiger partial charge in [0.25, 0.3) is 11.5 Å². The number of aromatic nitrogens is 1. The smallest absolute Gasteiger partial charge is 0.258 e. The molecule has 2 aromatic carbocycles. The lowest BCUT2D eigenvalue weighted by Crippen LogP contribution is -2.34. The van der Waals surface area contributed by atoms with Gasteiger partial charge in [-0.15, -0.1) is 0 Å². The Morgan fingerprint density at radius 1 is 1.11 bits per heavy atom. The maximum atomic E-state index is 12.6. The van der Waals surface area contributed by atoms with Gasteiger partial charge in [0.1, 0.15) is 0 Å². The summed E-state index contributed by atoms with van der Waals surface area (Å²) in [5.41, 5.74) is 3.99. The molecular weight excluding hydrogens is 372 g/mol. The van der Waals surface area contributed by atoms with Crippen LogP contribution in [0.2, 0.25) is 5.02 Å². The van der Waals surface area contributed by atoms with Crippen LogP contribution in [0.3, 0.4) is 0 Å². The molecule has 1 amide bonds. The molecule has 4 nitrogen and oxygen atoms in total. The molecule has 1 aromatic heterocycles. The first-order valence-electron chi connectivity index (χ1n) is 9.17. The Labute approximate surface area is 169 Å². The maximum Gasteiger partial charge on any atom is 0.258 e. The first-order valence-corrected chi connectivity index (χ1v) is 9.55. The lowest BCUT2D eigenvalue weighted by atomic mass is 10.0. The zero-order valence-electron chi connectivity index (χ0n) is 16.2. The number of aryl methyl sites for hydroxylation is 2. The van der Waals surface area contributed by atoms with Gasteiger partial charge in [0.05, 0.1) is 10.6 Å². The number of nitrogens with zero attached hydrogens (tertiary/aromatic N) is 1. The van der Waals surface area contributed by atoms with E-state index in [4.69, 9.17) is 11.6 Å². The highest BCUT2D eigenvalue weighted by atomic mass is 35.5. The summed E-state index contributed by atoms with van der Waals surface area (Å²) < 4.78 is 1.57. The van der Waals surface area contributed by atoms with Crippen molar-refractivity contribution >= 4 is 17.5 Å². The molecule has 3 rings (SSSR count). The van der Waals surface area contributed by atoms with Crippen LogP contribution in [0.4, 0.5) is 0 Å². The first kappa shape index (κ1) is 19.9. The summed E-state index contributed by atoms with van der Waals surface area (Å²) in [5, 5.41) is 3.47. The fourth-order valence-electron chi connectivity index (χ4n) is 3.26. The van der Waals surface area contributed by atoms with Crippen LogP contribution in [0.25, 0.3) is 11.1 Å². The van der Waals surface area contributed by atoms with Crippen LogP contribution in [0.1, 0.15) is 28.4 Å². The molecule has 3 aromatic rings. The highest BCUT2D eigenvalue weighted by Crippen LogP contribution is 2.20. The zero-order chi connectivity index (χ0) is 20.3. The molecule has 1 unspecified atom stereocenters. The van der Waals surface area contributed by atoms with Crippen molar-refractivity contribution in [3.8, 4) is 11.1 Å². The summed E-state index contributed by atoms with van der Waals surface area (Å²) in [6.07, 6.45) is 2.42. The van der Waals surface area contributed by atoms with E-state index in [0.29, 0.717) is 22.6 Å². The molecule has 0 aliphatic rings. The molecule has 0 spiro atoms. The number of carbonyl (C=O) groups excluding carboxylic acids is 1. The lowest BCUT2D eigenvalue weighted by molar-refractivity contribution is 0.0939. The summed E-state index contributed by atoms with van der Waals surface area (Å²) in [5.74, 6) is -0.167. The molecule has 0 saturated heterocycles. The van der Waals surface area contributed by atoms with E-state index >= 15 is 0 Å². The van der Waals surface area contributed by atoms with Crippen LogP contribution in [0, 0.1) is 6.92 Å².